The van der Waals surface area contributed by atoms with E-state index >= 15 is 0 Å². The van der Waals surface area contributed by atoms with Gasteiger partial charge in [0.2, 0.25) is 0 Å². The van der Waals surface area contributed by atoms with Crippen LogP contribution in [0.1, 0.15) is 52.7 Å². The summed E-state index contributed by atoms with van der Waals surface area (Å²) in [4.78, 5) is 2.51. The van der Waals surface area contributed by atoms with Crippen molar-refractivity contribution in [1.29, 1.82) is 0 Å². The Bertz CT molecular complexity index is 3200. The second kappa shape index (κ2) is 14.7. The maximum atomic E-state index is 2.51. The fourth-order valence-corrected chi connectivity index (χ4v) is 10.2. The highest BCUT2D eigenvalue weighted by Gasteiger charge is 2.25. The minimum Gasteiger partial charge on any atom is -0.308 e. The molecular formula is C58H49NS. The molecule has 0 spiro atoms. The highest BCUT2D eigenvalue weighted by Crippen LogP contribution is 2.49. The third-order valence-corrected chi connectivity index (χ3v) is 13.4. The van der Waals surface area contributed by atoms with Gasteiger partial charge in [-0.25, -0.2) is 0 Å². The van der Waals surface area contributed by atoms with Crippen LogP contribution in [-0.2, 0) is 10.8 Å². The average molecular weight is 792 g/mol. The van der Waals surface area contributed by atoms with Crippen molar-refractivity contribution < 1.29 is 0 Å². The Balaban J connectivity index is 1.25. The predicted molar refractivity (Wildman–Crippen MR) is 263 cm³/mol. The zero-order chi connectivity index (χ0) is 41.2. The lowest BCUT2D eigenvalue weighted by Crippen LogP contribution is -2.16. The van der Waals surface area contributed by atoms with Crippen molar-refractivity contribution in [3.8, 4) is 33.4 Å². The van der Waals surface area contributed by atoms with E-state index in [0.717, 1.165) is 11.4 Å². The first-order valence-corrected chi connectivity index (χ1v) is 21.9. The van der Waals surface area contributed by atoms with Crippen molar-refractivity contribution in [3.63, 3.8) is 0 Å². The first-order chi connectivity index (χ1) is 29.0. The van der Waals surface area contributed by atoms with E-state index in [0.29, 0.717) is 0 Å². The summed E-state index contributed by atoms with van der Waals surface area (Å²) in [6.45, 7) is 13.9. The molecule has 0 fully saturated rings. The van der Waals surface area contributed by atoms with Crippen molar-refractivity contribution in [2.24, 2.45) is 0 Å². The largest absolute Gasteiger partial charge is 0.308 e. The maximum Gasteiger partial charge on any atom is 0.0640 e. The highest BCUT2D eigenvalue weighted by atomic mass is 32.1. The summed E-state index contributed by atoms with van der Waals surface area (Å²) in [5, 5.41) is 7.57. The zero-order valence-corrected chi connectivity index (χ0v) is 36.1. The smallest absolute Gasteiger partial charge is 0.0640 e. The number of para-hydroxylation sites is 1. The van der Waals surface area contributed by atoms with Gasteiger partial charge >= 0.3 is 0 Å². The summed E-state index contributed by atoms with van der Waals surface area (Å²) in [6, 6.07) is 70.0. The summed E-state index contributed by atoms with van der Waals surface area (Å²) < 4.78 is 2.57. The molecule has 0 aliphatic heterocycles. The second-order valence-electron chi connectivity index (χ2n) is 18.2. The normalized spacial score (nSPS) is 12.2. The van der Waals surface area contributed by atoms with E-state index in [-0.39, 0.29) is 10.8 Å². The van der Waals surface area contributed by atoms with E-state index in [1.807, 2.05) is 11.3 Å². The van der Waals surface area contributed by atoms with Crippen LogP contribution < -0.4 is 4.90 Å². The molecule has 1 nitrogen and oxygen atoms in total. The summed E-state index contributed by atoms with van der Waals surface area (Å²) in [7, 11) is 0. The molecule has 60 heavy (non-hydrogen) atoms. The zero-order valence-electron chi connectivity index (χ0n) is 35.3. The molecular weight excluding hydrogens is 743 g/mol. The fraction of sp³-hybridized carbons (Fsp3) is 0.138. The number of fused-ring (bicyclic) bond motifs is 5. The van der Waals surface area contributed by atoms with Gasteiger partial charge in [-0.3, -0.25) is 0 Å². The summed E-state index contributed by atoms with van der Waals surface area (Å²) in [5.74, 6) is 0. The van der Waals surface area contributed by atoms with Gasteiger partial charge in [0.1, 0.15) is 0 Å². The minimum atomic E-state index is 0.00468. The van der Waals surface area contributed by atoms with Crippen LogP contribution in [0.4, 0.5) is 17.1 Å². The molecule has 0 aliphatic carbocycles. The van der Waals surface area contributed by atoms with Crippen LogP contribution in [-0.4, -0.2) is 0 Å². The van der Waals surface area contributed by atoms with Crippen LogP contribution in [0.5, 0.6) is 0 Å². The quantitative estimate of drug-likeness (QED) is 0.162. The van der Waals surface area contributed by atoms with Gasteiger partial charge in [0, 0.05) is 26.7 Å². The Hall–Kier alpha value is -6.48. The SMILES string of the molecule is CC(C)(C)c1cc(-c2cccc3cccc(-c4ccccc4N(c4cccc(-c5cccc6ccccc56)c4)c4cccc5c4sc4ccccc45)c23)cc(C(C)(C)C)c1. The van der Waals surface area contributed by atoms with Crippen molar-refractivity contribution in [3.05, 3.63) is 199 Å². The molecule has 0 radical (unpaired) electrons. The van der Waals surface area contributed by atoms with Gasteiger partial charge < -0.3 is 4.90 Å². The Morgan fingerprint density at radius 2 is 0.933 bits per heavy atom. The molecule has 0 atom stereocenters. The van der Waals surface area contributed by atoms with Gasteiger partial charge in [-0.1, -0.05) is 199 Å². The average Bonchev–Trinajstić information content (AvgIpc) is 3.65. The van der Waals surface area contributed by atoms with Gasteiger partial charge in [0.05, 0.1) is 16.1 Å². The monoisotopic (exact) mass is 791 g/mol. The second-order valence-corrected chi connectivity index (χ2v) is 19.2. The molecule has 1 aromatic heterocycles. The van der Waals surface area contributed by atoms with Crippen LogP contribution in [0.25, 0.3) is 75.1 Å². The van der Waals surface area contributed by atoms with E-state index in [9.17, 15) is 0 Å². The molecule has 0 saturated heterocycles. The lowest BCUT2D eigenvalue weighted by Gasteiger charge is -2.29. The molecule has 0 saturated carbocycles. The minimum absolute atomic E-state index is 0.00468. The molecule has 10 aromatic rings. The topological polar surface area (TPSA) is 3.24 Å². The number of benzene rings is 9. The predicted octanol–water partition coefficient (Wildman–Crippen LogP) is 17.4. The molecule has 0 bridgehead atoms. The van der Waals surface area contributed by atoms with Gasteiger partial charge in [0.15, 0.2) is 0 Å². The number of anilines is 3. The van der Waals surface area contributed by atoms with Crippen molar-refractivity contribution in [2.45, 2.75) is 52.4 Å². The number of nitrogens with zero attached hydrogens (tertiary/aromatic N) is 1. The number of hydrogen-bond donors (Lipinski definition) is 0. The molecule has 9 aromatic carbocycles. The summed E-state index contributed by atoms with van der Waals surface area (Å²) >= 11 is 1.88. The van der Waals surface area contributed by atoms with Crippen molar-refractivity contribution >= 4 is 70.1 Å². The van der Waals surface area contributed by atoms with Crippen LogP contribution in [0.15, 0.2) is 188 Å². The Morgan fingerprint density at radius 3 is 1.70 bits per heavy atom. The van der Waals surface area contributed by atoms with E-state index < -0.39 is 0 Å². The third kappa shape index (κ3) is 6.66. The first kappa shape index (κ1) is 37.8. The molecule has 2 heteroatoms. The van der Waals surface area contributed by atoms with E-state index in [4.69, 9.17) is 0 Å². The molecule has 0 unspecified atom stereocenters. The third-order valence-electron chi connectivity index (χ3n) is 12.1. The van der Waals surface area contributed by atoms with E-state index in [1.54, 1.807) is 0 Å². The Labute approximate surface area is 358 Å². The van der Waals surface area contributed by atoms with Gasteiger partial charge in [-0.2, -0.15) is 0 Å². The molecule has 1 heterocycles. The Morgan fingerprint density at radius 1 is 0.383 bits per heavy atom. The van der Waals surface area contributed by atoms with Crippen LogP contribution in [0.2, 0.25) is 0 Å². The van der Waals surface area contributed by atoms with E-state index in [1.165, 1.54) is 91.9 Å². The van der Waals surface area contributed by atoms with Gasteiger partial charge in [-0.05, 0) is 102 Å². The van der Waals surface area contributed by atoms with Gasteiger partial charge in [0.25, 0.3) is 0 Å². The van der Waals surface area contributed by atoms with Crippen molar-refractivity contribution in [2.75, 3.05) is 4.90 Å². The van der Waals surface area contributed by atoms with Crippen LogP contribution >= 0.6 is 11.3 Å². The molecule has 0 amide bonds. The van der Waals surface area contributed by atoms with Crippen molar-refractivity contribution in [1.82, 2.24) is 0 Å². The Kier molecular flexibility index (Phi) is 9.23. The maximum absolute atomic E-state index is 2.51. The number of rotatable bonds is 6. The lowest BCUT2D eigenvalue weighted by molar-refractivity contribution is 0.569. The fourth-order valence-electron chi connectivity index (χ4n) is 8.96. The number of hydrogen-bond acceptors (Lipinski definition) is 2. The lowest BCUT2D eigenvalue weighted by atomic mass is 9.78. The number of thiophene rings is 1. The van der Waals surface area contributed by atoms with E-state index in [2.05, 4.69) is 234 Å². The van der Waals surface area contributed by atoms with Crippen LogP contribution in [0, 0.1) is 0 Å². The summed E-state index contributed by atoms with van der Waals surface area (Å²) in [6.07, 6.45) is 0. The van der Waals surface area contributed by atoms with Gasteiger partial charge in [-0.15, -0.1) is 11.3 Å². The molecule has 0 aliphatic rings. The summed E-state index contributed by atoms with van der Waals surface area (Å²) in [5.41, 5.74) is 13.5. The molecule has 292 valence electrons. The van der Waals surface area contributed by atoms with Crippen LogP contribution in [0.3, 0.4) is 0 Å². The molecule has 0 N–H and O–H groups in total. The first-order valence-electron chi connectivity index (χ1n) is 21.1. The molecule has 10 rings (SSSR count). The standard InChI is InChI=1S/C58H49NS/c1-57(2,3)42-34-41(35-43(37-42)58(4,5)6)47-28-15-20-39-21-16-29-50(55(39)47)48-25-9-11-31-52(48)59(53-32-17-30-51-49-26-10-12-33-54(49)60-56(51)53)44-23-13-22-40(36-44)46-27-14-19-38-18-7-8-24-45(38)46/h7-37H,1-6H3. The highest BCUT2D eigenvalue weighted by molar-refractivity contribution is 7.26.